The Morgan fingerprint density at radius 1 is 1.06 bits per heavy atom. The summed E-state index contributed by atoms with van der Waals surface area (Å²) in [6, 6.07) is 8.41. The van der Waals surface area contributed by atoms with E-state index in [-0.39, 0.29) is 0 Å². The van der Waals surface area contributed by atoms with Crippen LogP contribution in [0.25, 0.3) is 0 Å². The number of benzene rings is 1. The molecule has 17 heavy (non-hydrogen) atoms. The summed E-state index contributed by atoms with van der Waals surface area (Å²) in [5.41, 5.74) is 2.63. The van der Waals surface area contributed by atoms with Gasteiger partial charge in [0.05, 0.1) is 6.54 Å². The molecule has 1 heterocycles. The predicted molar refractivity (Wildman–Crippen MR) is 69.3 cm³/mol. The first-order chi connectivity index (χ1) is 8.26. The third-order valence-corrected chi connectivity index (χ3v) is 3.21. The summed E-state index contributed by atoms with van der Waals surface area (Å²) < 4.78 is 1.97. The minimum absolute atomic E-state index is 0.466. The monoisotopic (exact) mass is 249 g/mol. The van der Waals surface area contributed by atoms with Crippen LogP contribution >= 0.6 is 11.6 Å². The molecule has 1 aromatic heterocycles. The molecule has 0 radical (unpaired) electrons. The smallest absolute Gasteiger partial charge is 0.225 e. The van der Waals surface area contributed by atoms with Crippen molar-refractivity contribution in [2.24, 2.45) is 0 Å². The van der Waals surface area contributed by atoms with Crippen molar-refractivity contribution in [1.29, 1.82) is 0 Å². The molecule has 0 spiro atoms. The average molecular weight is 250 g/mol. The van der Waals surface area contributed by atoms with E-state index in [2.05, 4.69) is 48.3 Å². The molecule has 0 aliphatic rings. The highest BCUT2D eigenvalue weighted by molar-refractivity contribution is 6.28. The Morgan fingerprint density at radius 2 is 1.76 bits per heavy atom. The van der Waals surface area contributed by atoms with Crippen molar-refractivity contribution in [3.8, 4) is 0 Å². The number of nitrogens with zero attached hydrogens (tertiary/aromatic N) is 3. The Morgan fingerprint density at radius 3 is 2.41 bits per heavy atom. The van der Waals surface area contributed by atoms with Crippen LogP contribution in [0.15, 0.2) is 24.3 Å². The van der Waals surface area contributed by atoms with E-state index in [9.17, 15) is 0 Å². The van der Waals surface area contributed by atoms with Crippen molar-refractivity contribution >= 4 is 11.6 Å². The second kappa shape index (κ2) is 5.32. The lowest BCUT2D eigenvalue weighted by Gasteiger charge is -2.10. The van der Waals surface area contributed by atoms with Gasteiger partial charge in [0.2, 0.25) is 5.28 Å². The Bertz CT molecular complexity index is 505. The Labute approximate surface area is 106 Å². The third-order valence-electron chi connectivity index (χ3n) is 2.93. The molecule has 0 unspecified atom stereocenters. The van der Waals surface area contributed by atoms with Gasteiger partial charge in [-0.2, -0.15) is 0 Å². The summed E-state index contributed by atoms with van der Waals surface area (Å²) in [5, 5.41) is 8.45. The minimum atomic E-state index is 0.466. The van der Waals surface area contributed by atoms with E-state index in [1.807, 2.05) is 4.57 Å². The van der Waals surface area contributed by atoms with E-state index < -0.39 is 0 Å². The van der Waals surface area contributed by atoms with Crippen molar-refractivity contribution in [1.82, 2.24) is 14.8 Å². The van der Waals surface area contributed by atoms with E-state index in [0.717, 1.165) is 25.2 Å². The number of aromatic nitrogens is 3. The molecule has 4 heteroatoms. The lowest BCUT2D eigenvalue weighted by atomic mass is 10.1. The van der Waals surface area contributed by atoms with Crippen LogP contribution in [0.3, 0.4) is 0 Å². The maximum atomic E-state index is 6.06. The van der Waals surface area contributed by atoms with E-state index in [1.54, 1.807) is 0 Å². The molecule has 2 rings (SSSR count). The van der Waals surface area contributed by atoms with Gasteiger partial charge >= 0.3 is 0 Å². The highest BCUT2D eigenvalue weighted by Gasteiger charge is 2.10. The molecule has 0 N–H and O–H groups in total. The summed E-state index contributed by atoms with van der Waals surface area (Å²) in [7, 11) is 0. The summed E-state index contributed by atoms with van der Waals surface area (Å²) >= 11 is 6.06. The number of rotatable bonds is 4. The quantitative estimate of drug-likeness (QED) is 0.834. The summed E-state index contributed by atoms with van der Waals surface area (Å²) in [6.07, 6.45) is 1.87. The van der Waals surface area contributed by atoms with Crippen LogP contribution in [-0.2, 0) is 19.4 Å². The standard InChI is InChI=1S/C13H16ClN3/c1-3-10-7-5-6-8-11(10)9-17-12(4-2)15-16-13(17)14/h5-8H,3-4,9H2,1-2H3. The molecule has 0 aliphatic heterocycles. The zero-order valence-corrected chi connectivity index (χ0v) is 10.9. The van der Waals surface area contributed by atoms with Gasteiger partial charge in [0.15, 0.2) is 0 Å². The number of hydrogen-bond acceptors (Lipinski definition) is 2. The van der Waals surface area contributed by atoms with Crippen LogP contribution in [-0.4, -0.2) is 14.8 Å². The van der Waals surface area contributed by atoms with Crippen LogP contribution < -0.4 is 0 Å². The third kappa shape index (κ3) is 2.50. The Hall–Kier alpha value is -1.35. The number of hydrogen-bond donors (Lipinski definition) is 0. The zero-order chi connectivity index (χ0) is 12.3. The highest BCUT2D eigenvalue weighted by atomic mass is 35.5. The van der Waals surface area contributed by atoms with E-state index in [0.29, 0.717) is 5.28 Å². The van der Waals surface area contributed by atoms with Crippen LogP contribution in [0.4, 0.5) is 0 Å². The minimum Gasteiger partial charge on any atom is -0.297 e. The molecule has 0 aliphatic carbocycles. The normalized spacial score (nSPS) is 10.8. The fourth-order valence-corrected chi connectivity index (χ4v) is 2.15. The molecule has 0 amide bonds. The van der Waals surface area contributed by atoms with Crippen LogP contribution in [0.2, 0.25) is 5.28 Å². The maximum absolute atomic E-state index is 6.06. The van der Waals surface area contributed by atoms with Gasteiger partial charge in [-0.05, 0) is 29.1 Å². The van der Waals surface area contributed by atoms with Crippen molar-refractivity contribution < 1.29 is 0 Å². The van der Waals surface area contributed by atoms with Crippen molar-refractivity contribution in [2.75, 3.05) is 0 Å². The topological polar surface area (TPSA) is 30.7 Å². The molecule has 0 saturated heterocycles. The zero-order valence-electron chi connectivity index (χ0n) is 10.2. The van der Waals surface area contributed by atoms with E-state index >= 15 is 0 Å². The van der Waals surface area contributed by atoms with Gasteiger partial charge in [-0.3, -0.25) is 4.57 Å². The molecule has 90 valence electrons. The van der Waals surface area contributed by atoms with Gasteiger partial charge < -0.3 is 0 Å². The number of aryl methyl sites for hydroxylation is 2. The van der Waals surface area contributed by atoms with Crippen LogP contribution in [0.1, 0.15) is 30.8 Å². The number of halogens is 1. The lowest BCUT2D eigenvalue weighted by Crippen LogP contribution is -2.06. The van der Waals surface area contributed by atoms with Gasteiger partial charge in [-0.25, -0.2) is 0 Å². The molecule has 0 fully saturated rings. The van der Waals surface area contributed by atoms with Gasteiger partial charge in [0.1, 0.15) is 5.82 Å². The second-order valence-electron chi connectivity index (χ2n) is 3.95. The average Bonchev–Trinajstić information content (AvgIpc) is 2.71. The second-order valence-corrected chi connectivity index (χ2v) is 4.29. The van der Waals surface area contributed by atoms with Crippen molar-refractivity contribution in [2.45, 2.75) is 33.2 Å². The molecule has 2 aromatic rings. The van der Waals surface area contributed by atoms with Crippen molar-refractivity contribution in [3.63, 3.8) is 0 Å². The molecule has 0 atom stereocenters. The Balaban J connectivity index is 2.34. The first-order valence-corrected chi connectivity index (χ1v) is 6.28. The predicted octanol–water partition coefficient (Wildman–Crippen LogP) is 3.10. The van der Waals surface area contributed by atoms with Gasteiger partial charge in [-0.1, -0.05) is 38.1 Å². The molecule has 1 aromatic carbocycles. The highest BCUT2D eigenvalue weighted by Crippen LogP contribution is 2.16. The van der Waals surface area contributed by atoms with Crippen LogP contribution in [0, 0.1) is 0 Å². The lowest BCUT2D eigenvalue weighted by molar-refractivity contribution is 0.727. The summed E-state index contributed by atoms with van der Waals surface area (Å²) in [6.45, 7) is 4.97. The van der Waals surface area contributed by atoms with Gasteiger partial charge in [0.25, 0.3) is 0 Å². The first kappa shape index (κ1) is 12.1. The fraction of sp³-hybridized carbons (Fsp3) is 0.385. The van der Waals surface area contributed by atoms with Crippen molar-refractivity contribution in [3.05, 3.63) is 46.5 Å². The molecule has 0 bridgehead atoms. The summed E-state index contributed by atoms with van der Waals surface area (Å²) in [4.78, 5) is 0. The molecular formula is C13H16ClN3. The van der Waals surface area contributed by atoms with E-state index in [4.69, 9.17) is 11.6 Å². The Kier molecular flexibility index (Phi) is 3.79. The maximum Gasteiger partial charge on any atom is 0.225 e. The van der Waals surface area contributed by atoms with E-state index in [1.165, 1.54) is 11.1 Å². The molecule has 0 saturated carbocycles. The van der Waals surface area contributed by atoms with Crippen LogP contribution in [0.5, 0.6) is 0 Å². The SMILES string of the molecule is CCc1ccccc1Cn1c(Cl)nnc1CC. The van der Waals surface area contributed by atoms with Gasteiger partial charge in [-0.15, -0.1) is 10.2 Å². The first-order valence-electron chi connectivity index (χ1n) is 5.90. The fourth-order valence-electron chi connectivity index (χ4n) is 1.96. The molecule has 3 nitrogen and oxygen atoms in total. The largest absolute Gasteiger partial charge is 0.297 e. The van der Waals surface area contributed by atoms with Gasteiger partial charge in [0, 0.05) is 6.42 Å². The summed E-state index contributed by atoms with van der Waals surface area (Å²) in [5.74, 6) is 0.931. The molecular weight excluding hydrogens is 234 g/mol.